The fourth-order valence-electron chi connectivity index (χ4n) is 9.85. The van der Waals surface area contributed by atoms with Crippen molar-refractivity contribution in [3.8, 4) is 0 Å². The Balaban J connectivity index is 1.18. The quantitative estimate of drug-likeness (QED) is 0.322. The Labute approximate surface area is 225 Å². The van der Waals surface area contributed by atoms with Crippen LogP contribution in [0.25, 0.3) is 0 Å². The maximum absolute atomic E-state index is 12.5. The molecule has 0 unspecified atom stereocenters. The molecule has 214 valence electrons. The lowest BCUT2D eigenvalue weighted by molar-refractivity contribution is -0.301. The minimum atomic E-state index is -1.30. The first kappa shape index (κ1) is 27.2. The van der Waals surface area contributed by atoms with Crippen LogP contribution in [0.15, 0.2) is 11.6 Å². The number of aliphatic hydroxyl groups is 4. The van der Waals surface area contributed by atoms with Crippen LogP contribution < -0.4 is 0 Å². The minimum Gasteiger partial charge on any atom is -0.465 e. The van der Waals surface area contributed by atoms with Gasteiger partial charge in [-0.25, -0.2) is 0 Å². The Morgan fingerprint density at radius 3 is 2.39 bits per heavy atom. The van der Waals surface area contributed by atoms with Crippen LogP contribution in [0.5, 0.6) is 0 Å². The highest BCUT2D eigenvalue weighted by molar-refractivity contribution is 5.70. The third-order valence-electron chi connectivity index (χ3n) is 12.2. The normalized spacial score (nSPS) is 54.8. The summed E-state index contributed by atoms with van der Waals surface area (Å²) in [4.78, 5) is 11.7. The average molecular weight is 535 g/mol. The van der Waals surface area contributed by atoms with E-state index in [0.29, 0.717) is 30.8 Å². The standard InChI is InChI=1S/C30H46O8/c1-16-24(32)25(33)26(34)27(37-16)38-19-8-11-28(2)18(14-19)5-6-22-21(28)9-12-29(3)20(10-13-30(22,29)35)17-4-7-23(31)36-15-17/h14,16-17,19-22,24-27,32-35H,4-13,15H2,1-3H3/t16-,17+,19-,20+,21-,22+,24-,25+,26+,27-,28-,29+,30-/m0/s1. The van der Waals surface area contributed by atoms with Crippen LogP contribution in [0.2, 0.25) is 0 Å². The van der Waals surface area contributed by atoms with Crippen LogP contribution >= 0.6 is 0 Å². The van der Waals surface area contributed by atoms with Gasteiger partial charge in [-0.15, -0.1) is 0 Å². The van der Waals surface area contributed by atoms with E-state index >= 15 is 0 Å². The van der Waals surface area contributed by atoms with Gasteiger partial charge >= 0.3 is 5.97 Å². The first-order valence-electron chi connectivity index (χ1n) is 14.9. The number of esters is 1. The van der Waals surface area contributed by atoms with E-state index in [-0.39, 0.29) is 28.8 Å². The van der Waals surface area contributed by atoms with Crippen molar-refractivity contribution < 1.29 is 39.4 Å². The lowest BCUT2D eigenvalue weighted by atomic mass is 9.44. The zero-order valence-electron chi connectivity index (χ0n) is 23.1. The van der Waals surface area contributed by atoms with Crippen molar-refractivity contribution in [2.75, 3.05) is 6.61 Å². The molecule has 6 rings (SSSR count). The summed E-state index contributed by atoms with van der Waals surface area (Å²) in [6, 6.07) is 0. The van der Waals surface area contributed by atoms with Gasteiger partial charge in [0.05, 0.1) is 24.4 Å². The van der Waals surface area contributed by atoms with E-state index in [2.05, 4.69) is 19.9 Å². The molecule has 13 atom stereocenters. The lowest BCUT2D eigenvalue weighted by Crippen LogP contribution is -2.61. The number of aliphatic hydroxyl groups excluding tert-OH is 3. The third-order valence-corrected chi connectivity index (χ3v) is 12.2. The van der Waals surface area contributed by atoms with Crippen LogP contribution in [-0.2, 0) is 19.0 Å². The predicted molar refractivity (Wildman–Crippen MR) is 138 cm³/mol. The summed E-state index contributed by atoms with van der Waals surface area (Å²) >= 11 is 0. The van der Waals surface area contributed by atoms with Crippen molar-refractivity contribution in [2.45, 2.75) is 127 Å². The van der Waals surface area contributed by atoms with E-state index < -0.39 is 36.3 Å². The molecule has 0 radical (unpaired) electrons. The molecule has 0 aromatic rings. The van der Waals surface area contributed by atoms with Gasteiger partial charge in [0, 0.05) is 6.42 Å². The van der Waals surface area contributed by atoms with E-state index in [1.807, 2.05) is 0 Å². The molecule has 5 fully saturated rings. The summed E-state index contributed by atoms with van der Waals surface area (Å²) < 4.78 is 17.3. The maximum atomic E-state index is 12.5. The Morgan fingerprint density at radius 1 is 0.895 bits per heavy atom. The lowest BCUT2D eigenvalue weighted by Gasteiger charge is -2.62. The zero-order chi connectivity index (χ0) is 27.0. The minimum absolute atomic E-state index is 0.00727. The molecule has 0 spiro atoms. The topological polar surface area (TPSA) is 126 Å². The van der Waals surface area contributed by atoms with Gasteiger partial charge in [-0.3, -0.25) is 4.79 Å². The highest BCUT2D eigenvalue weighted by Crippen LogP contribution is 2.69. The van der Waals surface area contributed by atoms with Gasteiger partial charge in [0.15, 0.2) is 6.29 Å². The fraction of sp³-hybridized carbons (Fsp3) is 0.900. The van der Waals surface area contributed by atoms with Crippen molar-refractivity contribution in [3.63, 3.8) is 0 Å². The van der Waals surface area contributed by atoms with Crippen LogP contribution in [-0.4, -0.2) is 75.4 Å². The molecule has 4 N–H and O–H groups in total. The van der Waals surface area contributed by atoms with E-state index in [4.69, 9.17) is 14.2 Å². The molecular weight excluding hydrogens is 488 g/mol. The van der Waals surface area contributed by atoms with Crippen LogP contribution in [0.1, 0.15) is 85.0 Å². The second-order valence-electron chi connectivity index (χ2n) is 13.8. The van der Waals surface area contributed by atoms with Crippen molar-refractivity contribution >= 4 is 5.97 Å². The van der Waals surface area contributed by atoms with Crippen LogP contribution in [0.3, 0.4) is 0 Å². The van der Waals surface area contributed by atoms with Gasteiger partial charge in [-0.05, 0) is 99.2 Å². The summed E-state index contributed by atoms with van der Waals surface area (Å²) in [5.41, 5.74) is 0.566. The van der Waals surface area contributed by atoms with E-state index in [9.17, 15) is 25.2 Å². The first-order chi connectivity index (χ1) is 18.0. The molecule has 0 amide bonds. The van der Waals surface area contributed by atoms with Gasteiger partial charge in [0.1, 0.15) is 18.3 Å². The smallest absolute Gasteiger partial charge is 0.305 e. The largest absolute Gasteiger partial charge is 0.465 e. The number of ether oxygens (including phenoxy) is 3. The monoisotopic (exact) mass is 534 g/mol. The number of allylic oxidation sites excluding steroid dienone is 1. The summed E-state index contributed by atoms with van der Waals surface area (Å²) in [5.74, 6) is 1.34. The SMILES string of the molecule is C[C@@H]1O[C@@H](O[C@@H]2C=C3CC[C@@H]4[C@H](CC[C@]5(C)[C@@H]([C@@H]6CCC(=O)OC6)CC[C@]45O)[C@@]3(C)CC2)[C@H](O)[C@H](O)[C@H]1O. The summed E-state index contributed by atoms with van der Waals surface area (Å²) in [7, 11) is 0. The number of hydrogen-bond acceptors (Lipinski definition) is 8. The fourth-order valence-corrected chi connectivity index (χ4v) is 9.85. The van der Waals surface area contributed by atoms with Crippen molar-refractivity contribution in [2.24, 2.45) is 34.5 Å². The molecule has 6 aliphatic rings. The number of rotatable bonds is 3. The molecule has 38 heavy (non-hydrogen) atoms. The molecule has 2 heterocycles. The number of carbonyl (C=O) groups is 1. The highest BCUT2D eigenvalue weighted by Gasteiger charge is 2.67. The molecule has 2 aliphatic heterocycles. The first-order valence-corrected chi connectivity index (χ1v) is 14.9. The van der Waals surface area contributed by atoms with Gasteiger partial charge < -0.3 is 34.6 Å². The summed E-state index contributed by atoms with van der Waals surface area (Å²) in [6.45, 7) is 6.86. The van der Waals surface area contributed by atoms with E-state index in [1.54, 1.807) is 6.92 Å². The summed E-state index contributed by atoms with van der Waals surface area (Å²) in [6.07, 6.45) is 5.61. The number of cyclic esters (lactones) is 1. The zero-order valence-corrected chi connectivity index (χ0v) is 23.1. The molecule has 0 bridgehead atoms. The van der Waals surface area contributed by atoms with Gasteiger partial charge in [0.25, 0.3) is 0 Å². The molecule has 8 heteroatoms. The number of hydrogen-bond donors (Lipinski definition) is 4. The number of carbonyl (C=O) groups excluding carboxylic acids is 1. The van der Waals surface area contributed by atoms with Crippen molar-refractivity contribution in [3.05, 3.63) is 11.6 Å². The Kier molecular flexibility index (Phi) is 6.80. The summed E-state index contributed by atoms with van der Waals surface area (Å²) in [5, 5.41) is 43.1. The molecule has 4 aliphatic carbocycles. The van der Waals surface area contributed by atoms with Crippen molar-refractivity contribution in [1.29, 1.82) is 0 Å². The second kappa shape index (κ2) is 9.52. The van der Waals surface area contributed by atoms with E-state index in [1.165, 1.54) is 5.57 Å². The Hall–Kier alpha value is -1.03. The van der Waals surface area contributed by atoms with E-state index in [0.717, 1.165) is 57.8 Å². The van der Waals surface area contributed by atoms with Crippen LogP contribution in [0, 0.1) is 34.5 Å². The van der Waals surface area contributed by atoms with Crippen molar-refractivity contribution in [1.82, 2.24) is 0 Å². The Morgan fingerprint density at radius 2 is 1.66 bits per heavy atom. The number of fused-ring (bicyclic) bond motifs is 5. The molecular formula is C30H46O8. The molecule has 8 nitrogen and oxygen atoms in total. The molecule has 0 aromatic carbocycles. The van der Waals surface area contributed by atoms with Gasteiger partial charge in [-0.1, -0.05) is 25.5 Å². The third kappa shape index (κ3) is 3.96. The average Bonchev–Trinajstić information content (AvgIpc) is 3.18. The maximum Gasteiger partial charge on any atom is 0.305 e. The Bertz CT molecular complexity index is 958. The highest BCUT2D eigenvalue weighted by atomic mass is 16.7. The molecule has 3 saturated carbocycles. The molecule has 0 aromatic heterocycles. The van der Waals surface area contributed by atoms with Gasteiger partial charge in [-0.2, -0.15) is 0 Å². The molecule has 2 saturated heterocycles. The predicted octanol–water partition coefficient (Wildman–Crippen LogP) is 2.85. The second-order valence-corrected chi connectivity index (χ2v) is 13.8. The van der Waals surface area contributed by atoms with Crippen LogP contribution in [0.4, 0.5) is 0 Å². The van der Waals surface area contributed by atoms with Gasteiger partial charge in [0.2, 0.25) is 0 Å².